The van der Waals surface area contributed by atoms with E-state index in [4.69, 9.17) is 0 Å². The van der Waals surface area contributed by atoms with Crippen molar-refractivity contribution < 1.29 is 14.7 Å². The highest BCUT2D eigenvalue weighted by Crippen LogP contribution is 2.18. The predicted molar refractivity (Wildman–Crippen MR) is 80.2 cm³/mol. The molecule has 0 spiro atoms. The summed E-state index contributed by atoms with van der Waals surface area (Å²) >= 11 is 0. The van der Waals surface area contributed by atoms with Crippen LogP contribution in [0.5, 0.6) is 0 Å². The van der Waals surface area contributed by atoms with Gasteiger partial charge in [-0.3, -0.25) is 4.79 Å². The van der Waals surface area contributed by atoms with Crippen molar-refractivity contribution in [3.63, 3.8) is 0 Å². The van der Waals surface area contributed by atoms with Gasteiger partial charge in [0, 0.05) is 12.1 Å². The van der Waals surface area contributed by atoms with Crippen LogP contribution in [-0.4, -0.2) is 54.7 Å². The van der Waals surface area contributed by atoms with Crippen molar-refractivity contribution >= 4 is 11.9 Å². The van der Waals surface area contributed by atoms with Crippen LogP contribution in [0.2, 0.25) is 0 Å². The summed E-state index contributed by atoms with van der Waals surface area (Å²) in [5.41, 5.74) is 0.813. The first-order valence-corrected chi connectivity index (χ1v) is 7.50. The summed E-state index contributed by atoms with van der Waals surface area (Å²) in [6, 6.07) is 8.58. The molecule has 8 nitrogen and oxygen atoms in total. The number of tetrazole rings is 1. The highest BCUT2D eigenvalue weighted by molar-refractivity contribution is 5.83. The molecule has 23 heavy (non-hydrogen) atoms. The van der Waals surface area contributed by atoms with Gasteiger partial charge < -0.3 is 10.0 Å². The molecular weight excluding hydrogens is 298 g/mol. The van der Waals surface area contributed by atoms with Crippen LogP contribution in [0.3, 0.4) is 0 Å². The van der Waals surface area contributed by atoms with Gasteiger partial charge in [-0.2, -0.15) is 4.80 Å². The molecular formula is C15H17N5O3. The topological polar surface area (TPSA) is 101 Å². The van der Waals surface area contributed by atoms with Crippen molar-refractivity contribution in [1.82, 2.24) is 25.1 Å². The number of carboxylic acid groups (broad SMARTS) is 1. The van der Waals surface area contributed by atoms with Crippen LogP contribution >= 0.6 is 0 Å². The minimum atomic E-state index is -0.963. The number of likely N-dealkylation sites (tertiary alicyclic amines) is 1. The maximum Gasteiger partial charge on any atom is 0.326 e. The van der Waals surface area contributed by atoms with Crippen molar-refractivity contribution in [1.29, 1.82) is 0 Å². The van der Waals surface area contributed by atoms with Gasteiger partial charge >= 0.3 is 5.97 Å². The van der Waals surface area contributed by atoms with Gasteiger partial charge in [-0.15, -0.1) is 10.2 Å². The third kappa shape index (κ3) is 3.36. The summed E-state index contributed by atoms with van der Waals surface area (Å²) in [7, 11) is 0. The first kappa shape index (κ1) is 15.1. The summed E-state index contributed by atoms with van der Waals surface area (Å²) in [6.07, 6.45) is 2.12. The lowest BCUT2D eigenvalue weighted by Gasteiger charge is -2.32. The van der Waals surface area contributed by atoms with Crippen LogP contribution in [0, 0.1) is 0 Å². The maximum absolute atomic E-state index is 12.4. The third-order valence-electron chi connectivity index (χ3n) is 3.87. The smallest absolute Gasteiger partial charge is 0.326 e. The molecule has 120 valence electrons. The zero-order valence-corrected chi connectivity index (χ0v) is 12.5. The molecule has 2 aromatic rings. The lowest BCUT2D eigenvalue weighted by molar-refractivity contribution is -0.152. The zero-order chi connectivity index (χ0) is 16.2. The first-order chi connectivity index (χ1) is 11.1. The van der Waals surface area contributed by atoms with Crippen molar-refractivity contribution in [2.24, 2.45) is 0 Å². The van der Waals surface area contributed by atoms with Crippen LogP contribution in [0.4, 0.5) is 0 Å². The molecule has 2 heterocycles. The van der Waals surface area contributed by atoms with E-state index < -0.39 is 12.0 Å². The normalized spacial score (nSPS) is 17.9. The SMILES string of the molecule is O=C(O)[C@H]1CCCCN1C(=O)Cn1nnc(-c2ccccc2)n1. The molecule has 1 amide bonds. The number of aliphatic carboxylic acids is 1. The molecule has 1 fully saturated rings. The Bertz CT molecular complexity index is 700. The Kier molecular flexibility index (Phi) is 4.31. The second kappa shape index (κ2) is 6.55. The Hall–Kier alpha value is -2.77. The first-order valence-electron chi connectivity index (χ1n) is 7.50. The Morgan fingerprint density at radius 2 is 2.00 bits per heavy atom. The lowest BCUT2D eigenvalue weighted by atomic mass is 10.0. The average Bonchev–Trinajstić information content (AvgIpc) is 3.04. The highest BCUT2D eigenvalue weighted by Gasteiger charge is 2.32. The van der Waals surface area contributed by atoms with E-state index in [2.05, 4.69) is 15.4 Å². The van der Waals surface area contributed by atoms with Crippen molar-refractivity contribution in [2.75, 3.05) is 6.54 Å². The number of nitrogens with zero attached hydrogens (tertiary/aromatic N) is 5. The molecule has 1 aliphatic rings. The molecule has 1 saturated heterocycles. The molecule has 1 aromatic carbocycles. The number of aromatic nitrogens is 4. The summed E-state index contributed by atoms with van der Waals surface area (Å²) in [5, 5.41) is 21.2. The van der Waals surface area contributed by atoms with Gasteiger partial charge in [-0.1, -0.05) is 30.3 Å². The van der Waals surface area contributed by atoms with E-state index in [-0.39, 0.29) is 12.5 Å². The molecule has 0 bridgehead atoms. The summed E-state index contributed by atoms with van der Waals surface area (Å²) in [4.78, 5) is 26.2. The molecule has 1 atom stereocenters. The fourth-order valence-electron chi connectivity index (χ4n) is 2.71. The van der Waals surface area contributed by atoms with E-state index in [9.17, 15) is 14.7 Å². The fraction of sp³-hybridized carbons (Fsp3) is 0.400. The van der Waals surface area contributed by atoms with Gasteiger partial charge in [0.15, 0.2) is 0 Å². The van der Waals surface area contributed by atoms with Gasteiger partial charge in [-0.05, 0) is 24.5 Å². The number of amides is 1. The number of benzene rings is 1. The van der Waals surface area contributed by atoms with Crippen LogP contribution in [0.15, 0.2) is 30.3 Å². The molecule has 0 unspecified atom stereocenters. The number of piperidine rings is 1. The van der Waals surface area contributed by atoms with Crippen molar-refractivity contribution in [3.05, 3.63) is 30.3 Å². The van der Waals surface area contributed by atoms with E-state index in [1.807, 2.05) is 30.3 Å². The molecule has 3 rings (SSSR count). The number of carbonyl (C=O) groups excluding carboxylic acids is 1. The molecule has 0 radical (unpaired) electrons. The van der Waals surface area contributed by atoms with Gasteiger partial charge in [0.1, 0.15) is 12.6 Å². The Labute approximate surface area is 132 Å². The summed E-state index contributed by atoms with van der Waals surface area (Å²) in [5.74, 6) is -0.824. The van der Waals surface area contributed by atoms with E-state index >= 15 is 0 Å². The number of hydrogen-bond acceptors (Lipinski definition) is 5. The monoisotopic (exact) mass is 315 g/mol. The molecule has 1 aliphatic heterocycles. The van der Waals surface area contributed by atoms with Crippen LogP contribution < -0.4 is 0 Å². The minimum Gasteiger partial charge on any atom is -0.480 e. The van der Waals surface area contributed by atoms with Crippen molar-refractivity contribution in [3.8, 4) is 11.4 Å². The van der Waals surface area contributed by atoms with Gasteiger partial charge in [0.2, 0.25) is 11.7 Å². The summed E-state index contributed by atoms with van der Waals surface area (Å²) in [6.45, 7) is 0.347. The van der Waals surface area contributed by atoms with Crippen LogP contribution in [0.1, 0.15) is 19.3 Å². The average molecular weight is 315 g/mol. The second-order valence-corrected chi connectivity index (χ2v) is 5.45. The second-order valence-electron chi connectivity index (χ2n) is 5.45. The van der Waals surface area contributed by atoms with Crippen LogP contribution in [0.25, 0.3) is 11.4 Å². The van der Waals surface area contributed by atoms with Gasteiger partial charge in [0.25, 0.3) is 0 Å². The van der Waals surface area contributed by atoms with Crippen molar-refractivity contribution in [2.45, 2.75) is 31.8 Å². The molecule has 1 N–H and O–H groups in total. The number of carbonyl (C=O) groups is 2. The van der Waals surface area contributed by atoms with E-state index in [0.29, 0.717) is 18.8 Å². The largest absolute Gasteiger partial charge is 0.480 e. The van der Waals surface area contributed by atoms with E-state index in [0.717, 1.165) is 18.4 Å². The quantitative estimate of drug-likeness (QED) is 0.896. The molecule has 0 saturated carbocycles. The number of rotatable bonds is 4. The number of hydrogen-bond donors (Lipinski definition) is 1. The molecule has 1 aromatic heterocycles. The van der Waals surface area contributed by atoms with Gasteiger partial charge in [0.05, 0.1) is 0 Å². The maximum atomic E-state index is 12.4. The minimum absolute atomic E-state index is 0.108. The Balaban J connectivity index is 1.70. The van der Waals surface area contributed by atoms with E-state index in [1.54, 1.807) is 0 Å². The predicted octanol–water partition coefficient (Wildman–Crippen LogP) is 0.806. The highest BCUT2D eigenvalue weighted by atomic mass is 16.4. The molecule has 8 heteroatoms. The van der Waals surface area contributed by atoms with Gasteiger partial charge in [-0.25, -0.2) is 4.79 Å². The Morgan fingerprint density at radius 3 is 2.74 bits per heavy atom. The fourth-order valence-corrected chi connectivity index (χ4v) is 2.71. The third-order valence-corrected chi connectivity index (χ3v) is 3.87. The summed E-state index contributed by atoms with van der Waals surface area (Å²) < 4.78 is 0. The lowest BCUT2D eigenvalue weighted by Crippen LogP contribution is -2.49. The standard InChI is InChI=1S/C15H17N5O3/c21-13(19-9-5-4-8-12(19)15(22)23)10-20-17-14(16-18-20)11-6-2-1-3-7-11/h1-3,6-7,12H,4-5,8-10H2,(H,22,23)/t12-/m1/s1. The van der Waals surface area contributed by atoms with Crippen LogP contribution in [-0.2, 0) is 16.1 Å². The number of carboxylic acids is 1. The Morgan fingerprint density at radius 1 is 1.22 bits per heavy atom. The van der Waals surface area contributed by atoms with E-state index in [1.165, 1.54) is 9.70 Å². The zero-order valence-electron chi connectivity index (χ0n) is 12.5. The molecule has 0 aliphatic carbocycles.